The Labute approximate surface area is 186 Å². The van der Waals surface area contributed by atoms with Gasteiger partial charge in [-0.3, -0.25) is 14.5 Å². The molecule has 3 rings (SSSR count). The molecule has 5 heteroatoms. The number of likely N-dealkylation sites (N-methyl/N-ethyl adjacent to an activating group) is 1. The Kier molecular flexibility index (Phi) is 8.38. The van der Waals surface area contributed by atoms with E-state index in [-0.39, 0.29) is 11.7 Å². The van der Waals surface area contributed by atoms with Gasteiger partial charge in [-0.25, -0.2) is 0 Å². The fourth-order valence-electron chi connectivity index (χ4n) is 4.05. The van der Waals surface area contributed by atoms with E-state index in [1.165, 1.54) is 5.56 Å². The molecule has 1 amide bonds. The highest BCUT2D eigenvalue weighted by Crippen LogP contribution is 2.15. The van der Waals surface area contributed by atoms with Gasteiger partial charge < -0.3 is 10.2 Å². The Morgan fingerprint density at radius 3 is 2.23 bits per heavy atom. The molecule has 5 nitrogen and oxygen atoms in total. The molecule has 1 aliphatic heterocycles. The lowest BCUT2D eigenvalue weighted by molar-refractivity contribution is -0.120. The van der Waals surface area contributed by atoms with Gasteiger partial charge in [0.2, 0.25) is 5.91 Å². The Morgan fingerprint density at radius 2 is 1.58 bits per heavy atom. The van der Waals surface area contributed by atoms with Crippen molar-refractivity contribution in [3.05, 3.63) is 70.3 Å². The van der Waals surface area contributed by atoms with Crippen LogP contribution in [0.2, 0.25) is 0 Å². The molecule has 1 saturated heterocycles. The quantitative estimate of drug-likeness (QED) is 0.630. The summed E-state index contributed by atoms with van der Waals surface area (Å²) in [6, 6.07) is 14.3. The zero-order valence-corrected chi connectivity index (χ0v) is 19.1. The smallest absolute Gasteiger partial charge is 0.224 e. The third-order valence-electron chi connectivity index (χ3n) is 5.95. The first-order chi connectivity index (χ1) is 14.9. The lowest BCUT2D eigenvalue weighted by Gasteiger charge is -2.32. The first-order valence-electron chi connectivity index (χ1n) is 11.3. The van der Waals surface area contributed by atoms with Crippen molar-refractivity contribution in [2.24, 2.45) is 0 Å². The summed E-state index contributed by atoms with van der Waals surface area (Å²) in [6.45, 7) is 9.61. The lowest BCUT2D eigenvalue weighted by atomic mass is 9.98. The van der Waals surface area contributed by atoms with Crippen molar-refractivity contribution in [3.63, 3.8) is 0 Å². The minimum atomic E-state index is 0.0134. The van der Waals surface area contributed by atoms with Gasteiger partial charge in [0.25, 0.3) is 0 Å². The molecule has 166 valence electrons. The zero-order valence-electron chi connectivity index (χ0n) is 19.1. The SMILES string of the molecule is CCCc1cc(CNC(=O)Cc2ccc(CN3CCN(C)CC3)cc2)ccc1C(C)=O. The van der Waals surface area contributed by atoms with Crippen LogP contribution >= 0.6 is 0 Å². The number of nitrogens with one attached hydrogen (secondary N) is 1. The second kappa shape index (κ2) is 11.2. The van der Waals surface area contributed by atoms with E-state index in [1.807, 2.05) is 18.2 Å². The maximum absolute atomic E-state index is 12.4. The number of nitrogens with zero attached hydrogens (tertiary/aromatic N) is 2. The summed E-state index contributed by atoms with van der Waals surface area (Å²) in [5, 5.41) is 3.01. The summed E-state index contributed by atoms with van der Waals surface area (Å²) in [5.74, 6) is 0.106. The van der Waals surface area contributed by atoms with Crippen molar-refractivity contribution < 1.29 is 9.59 Å². The van der Waals surface area contributed by atoms with Gasteiger partial charge in [0.05, 0.1) is 6.42 Å². The number of Topliss-reactive ketones (excluding diaryl/α,β-unsaturated/α-hetero) is 1. The molecule has 0 spiro atoms. The molecular weight excluding hydrogens is 386 g/mol. The Bertz CT molecular complexity index is 884. The van der Waals surface area contributed by atoms with Crippen LogP contribution in [0, 0.1) is 0 Å². The van der Waals surface area contributed by atoms with Crippen LogP contribution in [0.3, 0.4) is 0 Å². The maximum atomic E-state index is 12.4. The van der Waals surface area contributed by atoms with Gasteiger partial charge in [-0.2, -0.15) is 0 Å². The Balaban J connectivity index is 1.49. The highest BCUT2D eigenvalue weighted by Gasteiger charge is 2.14. The fourth-order valence-corrected chi connectivity index (χ4v) is 4.05. The molecule has 2 aromatic rings. The standard InChI is InChI=1S/C26H35N3O2/c1-4-5-24-16-23(10-11-25(24)20(2)30)18-27-26(31)17-21-6-8-22(9-7-21)19-29-14-12-28(3)13-15-29/h6-11,16H,4-5,12-15,17-19H2,1-3H3,(H,27,31). The zero-order chi connectivity index (χ0) is 22.2. The van der Waals surface area contributed by atoms with Gasteiger partial charge in [-0.1, -0.05) is 55.8 Å². The minimum absolute atomic E-state index is 0.0134. The monoisotopic (exact) mass is 421 g/mol. The molecule has 1 N–H and O–H groups in total. The number of benzene rings is 2. The lowest BCUT2D eigenvalue weighted by Crippen LogP contribution is -2.43. The second-order valence-corrected chi connectivity index (χ2v) is 8.65. The van der Waals surface area contributed by atoms with Gasteiger partial charge in [-0.15, -0.1) is 0 Å². The number of hydrogen-bond acceptors (Lipinski definition) is 4. The van der Waals surface area contributed by atoms with E-state index < -0.39 is 0 Å². The van der Waals surface area contributed by atoms with Crippen LogP contribution in [0.15, 0.2) is 42.5 Å². The van der Waals surface area contributed by atoms with Crippen LogP contribution < -0.4 is 5.32 Å². The van der Waals surface area contributed by atoms with Crippen LogP contribution in [0.1, 0.15) is 52.9 Å². The van der Waals surface area contributed by atoms with Crippen molar-refractivity contribution in [1.82, 2.24) is 15.1 Å². The predicted octanol–water partition coefficient (Wildman–Crippen LogP) is 3.45. The predicted molar refractivity (Wildman–Crippen MR) is 125 cm³/mol. The summed E-state index contributed by atoms with van der Waals surface area (Å²) >= 11 is 0. The summed E-state index contributed by atoms with van der Waals surface area (Å²) in [6.07, 6.45) is 2.24. The second-order valence-electron chi connectivity index (χ2n) is 8.65. The van der Waals surface area contributed by atoms with Crippen LogP contribution in [0.25, 0.3) is 0 Å². The molecule has 31 heavy (non-hydrogen) atoms. The molecular formula is C26H35N3O2. The van der Waals surface area contributed by atoms with Crippen molar-refractivity contribution in [2.75, 3.05) is 33.2 Å². The molecule has 0 unspecified atom stereocenters. The number of rotatable bonds is 9. The number of piperazine rings is 1. The number of carbonyl (C=O) groups excluding carboxylic acids is 2. The normalized spacial score (nSPS) is 15.1. The number of hydrogen-bond donors (Lipinski definition) is 1. The molecule has 0 atom stereocenters. The van der Waals surface area contributed by atoms with Crippen LogP contribution in [-0.2, 0) is 30.7 Å². The molecule has 1 aliphatic rings. The summed E-state index contributed by atoms with van der Waals surface area (Å²) < 4.78 is 0. The summed E-state index contributed by atoms with van der Waals surface area (Å²) in [7, 11) is 2.17. The van der Waals surface area contributed by atoms with Crippen LogP contribution in [0.4, 0.5) is 0 Å². The average molecular weight is 422 g/mol. The summed E-state index contributed by atoms with van der Waals surface area (Å²) in [5.41, 5.74) is 5.21. The molecule has 0 aromatic heterocycles. The molecule has 0 bridgehead atoms. The van der Waals surface area contributed by atoms with Crippen molar-refractivity contribution in [2.45, 2.75) is 46.2 Å². The topological polar surface area (TPSA) is 52.7 Å². The first kappa shape index (κ1) is 23.2. The van der Waals surface area contributed by atoms with E-state index in [0.29, 0.717) is 13.0 Å². The van der Waals surface area contributed by atoms with E-state index >= 15 is 0 Å². The maximum Gasteiger partial charge on any atom is 0.224 e. The third-order valence-corrected chi connectivity index (χ3v) is 5.95. The summed E-state index contributed by atoms with van der Waals surface area (Å²) in [4.78, 5) is 29.1. The Morgan fingerprint density at radius 1 is 0.935 bits per heavy atom. The molecule has 1 heterocycles. The molecule has 0 radical (unpaired) electrons. The molecule has 1 fully saturated rings. The highest BCUT2D eigenvalue weighted by atomic mass is 16.1. The number of ketones is 1. The van der Waals surface area contributed by atoms with E-state index in [9.17, 15) is 9.59 Å². The minimum Gasteiger partial charge on any atom is -0.352 e. The van der Waals surface area contributed by atoms with Crippen LogP contribution in [-0.4, -0.2) is 54.7 Å². The van der Waals surface area contributed by atoms with Gasteiger partial charge in [0, 0.05) is 44.8 Å². The van der Waals surface area contributed by atoms with Gasteiger partial charge >= 0.3 is 0 Å². The highest BCUT2D eigenvalue weighted by molar-refractivity contribution is 5.95. The Hall–Kier alpha value is -2.50. The molecule has 0 saturated carbocycles. The number of carbonyl (C=O) groups is 2. The third kappa shape index (κ3) is 7.01. The van der Waals surface area contributed by atoms with Crippen molar-refractivity contribution >= 4 is 11.7 Å². The average Bonchev–Trinajstić information content (AvgIpc) is 2.75. The molecule has 2 aromatic carbocycles. The van der Waals surface area contributed by atoms with Crippen LogP contribution in [0.5, 0.6) is 0 Å². The van der Waals surface area contributed by atoms with Gasteiger partial charge in [0.15, 0.2) is 5.78 Å². The van der Waals surface area contributed by atoms with E-state index in [1.54, 1.807) is 6.92 Å². The van der Waals surface area contributed by atoms with Gasteiger partial charge in [-0.05, 0) is 42.6 Å². The van der Waals surface area contributed by atoms with E-state index in [0.717, 1.165) is 67.8 Å². The largest absolute Gasteiger partial charge is 0.352 e. The van der Waals surface area contributed by atoms with Crippen molar-refractivity contribution in [1.29, 1.82) is 0 Å². The van der Waals surface area contributed by atoms with Crippen molar-refractivity contribution in [3.8, 4) is 0 Å². The van der Waals surface area contributed by atoms with E-state index in [2.05, 4.69) is 53.4 Å². The molecule has 0 aliphatic carbocycles. The first-order valence-corrected chi connectivity index (χ1v) is 11.3. The van der Waals surface area contributed by atoms with Gasteiger partial charge in [0.1, 0.15) is 0 Å². The fraction of sp³-hybridized carbons (Fsp3) is 0.462. The van der Waals surface area contributed by atoms with E-state index in [4.69, 9.17) is 0 Å². The number of aryl methyl sites for hydroxylation is 1. The number of amides is 1.